The third-order valence-electron chi connectivity index (χ3n) is 4.29. The van der Waals surface area contributed by atoms with Gasteiger partial charge in [-0.3, -0.25) is 9.97 Å². The number of aromatic nitrogens is 4. The minimum atomic E-state index is -0.941. The molecule has 25 heavy (non-hydrogen) atoms. The maximum Gasteiger partial charge on any atom is 0.335 e. The van der Waals surface area contributed by atoms with Crippen molar-refractivity contribution in [2.24, 2.45) is 0 Å². The molecule has 0 fully saturated rings. The highest BCUT2D eigenvalue weighted by molar-refractivity contribution is 5.87. The normalized spacial score (nSPS) is 13.6. The van der Waals surface area contributed by atoms with Crippen LogP contribution >= 0.6 is 0 Å². The Kier molecular flexibility index (Phi) is 3.89. The van der Waals surface area contributed by atoms with Gasteiger partial charge in [0.2, 0.25) is 0 Å². The zero-order valence-electron chi connectivity index (χ0n) is 13.5. The number of carboxylic acid groups (broad SMARTS) is 1. The molecular weight excluding hydrogens is 318 g/mol. The number of carboxylic acids is 1. The van der Waals surface area contributed by atoms with Crippen molar-refractivity contribution >= 4 is 11.8 Å². The van der Waals surface area contributed by atoms with Crippen molar-refractivity contribution < 1.29 is 9.90 Å². The summed E-state index contributed by atoms with van der Waals surface area (Å²) < 4.78 is 1.83. The van der Waals surface area contributed by atoms with Gasteiger partial charge in [0.05, 0.1) is 17.4 Å². The second kappa shape index (κ2) is 6.35. The van der Waals surface area contributed by atoms with Crippen molar-refractivity contribution in [2.75, 3.05) is 11.9 Å². The van der Waals surface area contributed by atoms with Gasteiger partial charge in [0.15, 0.2) is 0 Å². The first-order valence-electron chi connectivity index (χ1n) is 8.20. The molecule has 0 radical (unpaired) electrons. The number of rotatable bonds is 3. The Morgan fingerprint density at radius 1 is 1.16 bits per heavy atom. The lowest BCUT2D eigenvalue weighted by molar-refractivity contribution is 0.0697. The molecule has 4 rings (SSSR count). The molecule has 3 heterocycles. The van der Waals surface area contributed by atoms with Crippen molar-refractivity contribution in [1.82, 2.24) is 19.7 Å². The van der Waals surface area contributed by atoms with E-state index in [1.54, 1.807) is 42.9 Å². The first kappa shape index (κ1) is 15.3. The van der Waals surface area contributed by atoms with Crippen LogP contribution in [0.2, 0.25) is 0 Å². The van der Waals surface area contributed by atoms with Crippen LogP contribution in [-0.2, 0) is 6.42 Å². The summed E-state index contributed by atoms with van der Waals surface area (Å²) in [6, 6.07) is 6.71. The number of hydrogen-bond acceptors (Lipinski definition) is 5. The lowest BCUT2D eigenvalue weighted by Crippen LogP contribution is -2.07. The number of carbonyl (C=O) groups is 1. The predicted octanol–water partition coefficient (Wildman–Crippen LogP) is 2.78. The molecule has 3 aromatic rings. The van der Waals surface area contributed by atoms with Crippen molar-refractivity contribution in [3.05, 3.63) is 54.0 Å². The number of nitrogens with zero attached hydrogens (tertiary/aromatic N) is 4. The molecule has 2 N–H and O–H groups in total. The Labute approximate surface area is 144 Å². The van der Waals surface area contributed by atoms with E-state index in [0.717, 1.165) is 54.3 Å². The van der Waals surface area contributed by atoms with Gasteiger partial charge < -0.3 is 10.4 Å². The van der Waals surface area contributed by atoms with E-state index < -0.39 is 5.97 Å². The molecule has 7 nitrogen and oxygen atoms in total. The summed E-state index contributed by atoms with van der Waals surface area (Å²) in [5, 5.41) is 17.3. The monoisotopic (exact) mass is 335 g/mol. The van der Waals surface area contributed by atoms with Crippen LogP contribution in [0.5, 0.6) is 0 Å². The average Bonchev–Trinajstić information content (AvgIpc) is 2.84. The summed E-state index contributed by atoms with van der Waals surface area (Å²) in [5.41, 5.74) is 3.75. The number of hydrogen-bond donors (Lipinski definition) is 2. The Morgan fingerprint density at radius 2 is 2.00 bits per heavy atom. The average molecular weight is 335 g/mol. The number of nitrogens with one attached hydrogen (secondary N) is 1. The van der Waals surface area contributed by atoms with E-state index in [2.05, 4.69) is 15.3 Å². The van der Waals surface area contributed by atoms with Crippen molar-refractivity contribution in [2.45, 2.75) is 19.3 Å². The Hall–Kier alpha value is -3.22. The number of anilines is 1. The van der Waals surface area contributed by atoms with E-state index in [-0.39, 0.29) is 5.56 Å². The quantitative estimate of drug-likeness (QED) is 0.764. The number of benzene rings is 1. The minimum Gasteiger partial charge on any atom is -0.478 e. The van der Waals surface area contributed by atoms with Gasteiger partial charge in [-0.2, -0.15) is 5.10 Å². The largest absolute Gasteiger partial charge is 0.478 e. The molecule has 1 aliphatic heterocycles. The molecule has 126 valence electrons. The third-order valence-corrected chi connectivity index (χ3v) is 4.29. The molecule has 2 aromatic heterocycles. The molecule has 0 saturated heterocycles. The van der Waals surface area contributed by atoms with E-state index in [4.69, 9.17) is 10.2 Å². The first-order valence-corrected chi connectivity index (χ1v) is 8.20. The molecule has 7 heteroatoms. The SMILES string of the molecule is O=C(O)c1ccc(-n2nc(-c3cnccn3)c3c2NCCCC3)cc1. The Balaban J connectivity index is 1.85. The van der Waals surface area contributed by atoms with Crippen LogP contribution in [0.1, 0.15) is 28.8 Å². The summed E-state index contributed by atoms with van der Waals surface area (Å²) in [4.78, 5) is 19.6. The highest BCUT2D eigenvalue weighted by Gasteiger charge is 2.22. The zero-order chi connectivity index (χ0) is 17.2. The van der Waals surface area contributed by atoms with Gasteiger partial charge in [0, 0.05) is 24.5 Å². The summed E-state index contributed by atoms with van der Waals surface area (Å²) in [5.74, 6) is 0.00504. The molecule has 0 unspecified atom stereocenters. The molecule has 0 amide bonds. The van der Waals surface area contributed by atoms with E-state index in [1.165, 1.54) is 0 Å². The van der Waals surface area contributed by atoms with Gasteiger partial charge >= 0.3 is 5.97 Å². The highest BCUT2D eigenvalue weighted by atomic mass is 16.4. The summed E-state index contributed by atoms with van der Waals surface area (Å²) in [6.45, 7) is 0.881. The van der Waals surface area contributed by atoms with E-state index >= 15 is 0 Å². The van der Waals surface area contributed by atoms with Gasteiger partial charge in [0.25, 0.3) is 0 Å². The van der Waals surface area contributed by atoms with Gasteiger partial charge in [-0.25, -0.2) is 9.48 Å². The fourth-order valence-corrected chi connectivity index (χ4v) is 3.06. The van der Waals surface area contributed by atoms with Crippen molar-refractivity contribution in [3.8, 4) is 17.1 Å². The summed E-state index contributed by atoms with van der Waals surface area (Å²) in [6.07, 6.45) is 8.10. The van der Waals surface area contributed by atoms with Crippen molar-refractivity contribution in [1.29, 1.82) is 0 Å². The lowest BCUT2D eigenvalue weighted by atomic mass is 10.1. The van der Waals surface area contributed by atoms with Crippen LogP contribution in [0, 0.1) is 0 Å². The fraction of sp³-hybridized carbons (Fsp3) is 0.222. The maximum absolute atomic E-state index is 11.1. The zero-order valence-corrected chi connectivity index (χ0v) is 13.5. The van der Waals surface area contributed by atoms with E-state index in [1.807, 2.05) is 4.68 Å². The second-order valence-corrected chi connectivity index (χ2v) is 5.91. The second-order valence-electron chi connectivity index (χ2n) is 5.91. The molecule has 0 spiro atoms. The summed E-state index contributed by atoms with van der Waals surface area (Å²) in [7, 11) is 0. The van der Waals surface area contributed by atoms with Crippen LogP contribution < -0.4 is 5.32 Å². The smallest absolute Gasteiger partial charge is 0.335 e. The van der Waals surface area contributed by atoms with Crippen LogP contribution in [0.4, 0.5) is 5.82 Å². The van der Waals surface area contributed by atoms with E-state index in [9.17, 15) is 4.79 Å². The molecule has 0 saturated carbocycles. The summed E-state index contributed by atoms with van der Waals surface area (Å²) >= 11 is 0. The molecule has 1 aromatic carbocycles. The van der Waals surface area contributed by atoms with Crippen LogP contribution in [0.25, 0.3) is 17.1 Å². The van der Waals surface area contributed by atoms with Gasteiger partial charge in [0.1, 0.15) is 17.2 Å². The fourth-order valence-electron chi connectivity index (χ4n) is 3.06. The minimum absolute atomic E-state index is 0.254. The Morgan fingerprint density at radius 3 is 2.72 bits per heavy atom. The predicted molar refractivity (Wildman–Crippen MR) is 93.0 cm³/mol. The maximum atomic E-state index is 11.1. The standard InChI is InChI=1S/C18H17N5O2/c24-18(25)12-4-6-13(7-5-12)23-17-14(3-1-2-8-21-17)16(22-23)15-11-19-9-10-20-15/h4-7,9-11,21H,1-3,8H2,(H,24,25). The molecule has 0 atom stereocenters. The van der Waals surface area contributed by atoms with Gasteiger partial charge in [-0.15, -0.1) is 0 Å². The van der Waals surface area contributed by atoms with E-state index in [0.29, 0.717) is 0 Å². The third kappa shape index (κ3) is 2.84. The first-order chi connectivity index (χ1) is 12.2. The molecule has 0 aliphatic carbocycles. The Bertz CT molecular complexity index is 903. The van der Waals surface area contributed by atoms with Crippen molar-refractivity contribution in [3.63, 3.8) is 0 Å². The van der Waals surface area contributed by atoms with Gasteiger partial charge in [-0.1, -0.05) is 0 Å². The molecule has 1 aliphatic rings. The topological polar surface area (TPSA) is 92.9 Å². The van der Waals surface area contributed by atoms with Crippen LogP contribution in [0.15, 0.2) is 42.9 Å². The van der Waals surface area contributed by atoms with Crippen LogP contribution in [-0.4, -0.2) is 37.4 Å². The van der Waals surface area contributed by atoms with Gasteiger partial charge in [-0.05, 0) is 43.5 Å². The molecule has 0 bridgehead atoms. The highest BCUT2D eigenvalue weighted by Crippen LogP contribution is 2.32. The molecular formula is C18H17N5O2. The number of fused-ring (bicyclic) bond motifs is 1. The number of aromatic carboxylic acids is 1. The van der Waals surface area contributed by atoms with Crippen LogP contribution in [0.3, 0.4) is 0 Å². The lowest BCUT2D eigenvalue weighted by Gasteiger charge is -2.09.